The van der Waals surface area contributed by atoms with Crippen LogP contribution >= 0.6 is 11.6 Å². The Morgan fingerprint density at radius 1 is 1.06 bits per heavy atom. The normalized spacial score (nSPS) is 14.8. The zero-order valence-electron chi connectivity index (χ0n) is 17.7. The second kappa shape index (κ2) is 9.82. The molecular formula is C22H19ClF3N5O3. The Bertz CT molecular complexity index is 1170. The first kappa shape index (κ1) is 23.7. The number of alkyl halides is 3. The first-order chi connectivity index (χ1) is 16.2. The molecule has 0 saturated carbocycles. The highest BCUT2D eigenvalue weighted by Gasteiger charge is 2.31. The van der Waals surface area contributed by atoms with Crippen molar-refractivity contribution in [2.75, 3.05) is 26.2 Å². The number of rotatable bonds is 5. The lowest BCUT2D eigenvalue weighted by atomic mass is 10.1. The summed E-state index contributed by atoms with van der Waals surface area (Å²) in [6.45, 7) is 1.91. The van der Waals surface area contributed by atoms with Crippen molar-refractivity contribution in [2.24, 2.45) is 0 Å². The fourth-order valence-corrected chi connectivity index (χ4v) is 3.52. The number of carboxylic acid groups (broad SMARTS) is 1. The van der Waals surface area contributed by atoms with Gasteiger partial charge in [-0.2, -0.15) is 18.2 Å². The monoisotopic (exact) mass is 493 g/mol. The molecule has 1 aliphatic rings. The molecule has 2 heterocycles. The lowest BCUT2D eigenvalue weighted by Crippen LogP contribution is -2.47. The minimum absolute atomic E-state index is 0.0190. The quantitative estimate of drug-likeness (QED) is 0.546. The Balaban J connectivity index is 1.63. The number of hydrogen-bond acceptors (Lipinski definition) is 6. The van der Waals surface area contributed by atoms with E-state index in [1.165, 1.54) is 17.0 Å². The number of nitrogens with zero attached hydrogens (tertiary/aromatic N) is 5. The van der Waals surface area contributed by atoms with E-state index in [1.54, 1.807) is 24.3 Å². The maximum Gasteiger partial charge on any atom is 0.416 e. The van der Waals surface area contributed by atoms with Gasteiger partial charge in [-0.3, -0.25) is 4.90 Å². The summed E-state index contributed by atoms with van der Waals surface area (Å²) in [7, 11) is 0. The molecule has 1 aliphatic heterocycles. The molecule has 12 heteroatoms. The topological polar surface area (TPSA) is 91.7 Å². The number of benzene rings is 2. The molecule has 3 aromatic rings. The molecule has 2 aromatic carbocycles. The van der Waals surface area contributed by atoms with Gasteiger partial charge in [-0.1, -0.05) is 23.7 Å². The van der Waals surface area contributed by atoms with Gasteiger partial charge in [0.25, 0.3) is 0 Å². The lowest BCUT2D eigenvalue weighted by molar-refractivity contribution is -0.137. The van der Waals surface area contributed by atoms with E-state index in [0.717, 1.165) is 12.1 Å². The van der Waals surface area contributed by atoms with Crippen molar-refractivity contribution < 1.29 is 27.8 Å². The van der Waals surface area contributed by atoms with Crippen LogP contribution in [0.15, 0.2) is 48.5 Å². The predicted octanol–water partition coefficient (Wildman–Crippen LogP) is 4.80. The fraction of sp³-hybridized carbons (Fsp3) is 0.273. The molecule has 0 bridgehead atoms. The van der Waals surface area contributed by atoms with Crippen LogP contribution in [0, 0.1) is 0 Å². The molecule has 1 fully saturated rings. The number of ether oxygens (including phenoxy) is 1. The molecule has 0 spiro atoms. The summed E-state index contributed by atoms with van der Waals surface area (Å²) in [5.41, 5.74) is -0.312. The van der Waals surface area contributed by atoms with Gasteiger partial charge in [0.2, 0.25) is 5.88 Å². The summed E-state index contributed by atoms with van der Waals surface area (Å²) in [6, 6.07) is 11.2. The number of aromatic nitrogens is 3. The number of carbonyl (C=O) groups is 1. The molecule has 1 saturated heterocycles. The third-order valence-corrected chi connectivity index (χ3v) is 5.46. The van der Waals surface area contributed by atoms with Crippen molar-refractivity contribution >= 4 is 17.7 Å². The van der Waals surface area contributed by atoms with E-state index in [4.69, 9.17) is 21.4 Å². The van der Waals surface area contributed by atoms with Crippen LogP contribution in [0.1, 0.15) is 11.3 Å². The van der Waals surface area contributed by atoms with Crippen molar-refractivity contribution in [3.63, 3.8) is 0 Å². The Kier molecular flexibility index (Phi) is 6.85. The third kappa shape index (κ3) is 5.72. The summed E-state index contributed by atoms with van der Waals surface area (Å²) in [5.74, 6) is 0.483. The highest BCUT2D eigenvalue weighted by Crippen LogP contribution is 2.32. The van der Waals surface area contributed by atoms with Crippen LogP contribution in [0.3, 0.4) is 0 Å². The van der Waals surface area contributed by atoms with Crippen LogP contribution in [-0.2, 0) is 12.7 Å². The maximum atomic E-state index is 13.1. The van der Waals surface area contributed by atoms with E-state index in [2.05, 4.69) is 15.2 Å². The van der Waals surface area contributed by atoms with Gasteiger partial charge in [0.05, 0.1) is 5.56 Å². The number of hydrogen-bond donors (Lipinski definition) is 1. The molecule has 4 rings (SSSR count). The van der Waals surface area contributed by atoms with E-state index in [0.29, 0.717) is 42.6 Å². The summed E-state index contributed by atoms with van der Waals surface area (Å²) in [5, 5.41) is 17.9. The first-order valence-electron chi connectivity index (χ1n) is 10.2. The van der Waals surface area contributed by atoms with Crippen molar-refractivity contribution in [1.82, 2.24) is 25.0 Å². The third-order valence-electron chi connectivity index (χ3n) is 5.21. The first-order valence-corrected chi connectivity index (χ1v) is 10.6. The van der Waals surface area contributed by atoms with E-state index in [9.17, 15) is 18.0 Å². The second-order valence-corrected chi connectivity index (χ2v) is 8.00. The van der Waals surface area contributed by atoms with Crippen molar-refractivity contribution in [1.29, 1.82) is 0 Å². The summed E-state index contributed by atoms with van der Waals surface area (Å²) < 4.78 is 45.3. The Morgan fingerprint density at radius 2 is 1.76 bits per heavy atom. The average molecular weight is 494 g/mol. The van der Waals surface area contributed by atoms with Crippen molar-refractivity contribution in [2.45, 2.75) is 12.7 Å². The van der Waals surface area contributed by atoms with E-state index >= 15 is 0 Å². The Labute approximate surface area is 197 Å². The maximum absolute atomic E-state index is 13.1. The number of halogens is 4. The zero-order valence-corrected chi connectivity index (χ0v) is 18.4. The Hall–Kier alpha value is -3.44. The van der Waals surface area contributed by atoms with Crippen molar-refractivity contribution in [3.05, 3.63) is 64.8 Å². The van der Waals surface area contributed by atoms with E-state index in [1.807, 2.05) is 4.90 Å². The molecule has 1 aromatic heterocycles. The summed E-state index contributed by atoms with van der Waals surface area (Å²) in [4.78, 5) is 18.8. The summed E-state index contributed by atoms with van der Waals surface area (Å²) in [6.07, 6.45) is -5.48. The molecule has 0 aliphatic carbocycles. The second-order valence-electron chi connectivity index (χ2n) is 7.57. The lowest BCUT2D eigenvalue weighted by Gasteiger charge is -2.32. The van der Waals surface area contributed by atoms with E-state index in [-0.39, 0.29) is 23.8 Å². The largest absolute Gasteiger partial charge is 0.465 e. The van der Waals surface area contributed by atoms with E-state index < -0.39 is 17.8 Å². The Morgan fingerprint density at radius 3 is 2.41 bits per heavy atom. The minimum atomic E-state index is -4.51. The van der Waals surface area contributed by atoms with Crippen LogP contribution in [0.25, 0.3) is 11.4 Å². The fourth-order valence-electron chi connectivity index (χ4n) is 3.39. The van der Waals surface area contributed by atoms with Gasteiger partial charge in [-0.15, -0.1) is 10.2 Å². The van der Waals surface area contributed by atoms with Crippen LogP contribution in [0.2, 0.25) is 5.02 Å². The van der Waals surface area contributed by atoms with Crippen LogP contribution < -0.4 is 4.74 Å². The standard InChI is InChI=1S/C22H19ClF3N5O3/c23-16-4-6-17(7-5-16)34-20-18(13-30-8-10-31(11-9-30)21(32)33)28-29-19(27-20)14-2-1-3-15(12-14)22(24,25)26/h1-7,12H,8-11,13H2,(H,32,33). The molecule has 1 N–H and O–H groups in total. The summed E-state index contributed by atoms with van der Waals surface area (Å²) >= 11 is 5.93. The highest BCUT2D eigenvalue weighted by atomic mass is 35.5. The molecule has 178 valence electrons. The predicted molar refractivity (Wildman–Crippen MR) is 117 cm³/mol. The molecule has 8 nitrogen and oxygen atoms in total. The smallest absolute Gasteiger partial charge is 0.416 e. The van der Waals surface area contributed by atoms with Gasteiger partial charge in [-0.25, -0.2) is 4.79 Å². The van der Waals surface area contributed by atoms with Gasteiger partial charge >= 0.3 is 12.3 Å². The molecule has 0 atom stereocenters. The molecular weight excluding hydrogens is 475 g/mol. The minimum Gasteiger partial charge on any atom is -0.465 e. The number of piperazine rings is 1. The van der Waals surface area contributed by atoms with Gasteiger partial charge in [-0.05, 0) is 36.4 Å². The van der Waals surface area contributed by atoms with Crippen LogP contribution in [0.5, 0.6) is 11.6 Å². The molecule has 0 radical (unpaired) electrons. The number of amides is 1. The highest BCUT2D eigenvalue weighted by molar-refractivity contribution is 6.30. The van der Waals surface area contributed by atoms with Gasteiger partial charge in [0, 0.05) is 43.3 Å². The van der Waals surface area contributed by atoms with Gasteiger partial charge < -0.3 is 14.7 Å². The molecule has 1 amide bonds. The SMILES string of the molecule is O=C(O)N1CCN(Cc2nnc(-c3cccc(C(F)(F)F)c3)nc2Oc2ccc(Cl)cc2)CC1. The van der Waals surface area contributed by atoms with Gasteiger partial charge in [0.15, 0.2) is 5.82 Å². The van der Waals surface area contributed by atoms with Crippen LogP contribution in [-0.4, -0.2) is 62.4 Å². The average Bonchev–Trinajstić information content (AvgIpc) is 2.81. The zero-order chi connectivity index (χ0) is 24.3. The molecule has 0 unspecified atom stereocenters. The van der Waals surface area contributed by atoms with Gasteiger partial charge in [0.1, 0.15) is 11.4 Å². The van der Waals surface area contributed by atoms with Crippen LogP contribution in [0.4, 0.5) is 18.0 Å². The van der Waals surface area contributed by atoms with Crippen molar-refractivity contribution in [3.8, 4) is 23.0 Å². The molecule has 34 heavy (non-hydrogen) atoms.